The lowest BCUT2D eigenvalue weighted by atomic mass is 9.92. The molecule has 5 heterocycles. The first-order valence-electron chi connectivity index (χ1n) is 23.7. The van der Waals surface area contributed by atoms with Gasteiger partial charge in [0.25, 0.3) is 23.6 Å². The van der Waals surface area contributed by atoms with Crippen LogP contribution < -0.4 is 0 Å². The Morgan fingerprint density at radius 3 is 1.71 bits per heavy atom. The van der Waals surface area contributed by atoms with Crippen LogP contribution in [0.25, 0.3) is 0 Å². The average Bonchev–Trinajstić information content (AvgIpc) is 3.81. The predicted octanol–water partition coefficient (Wildman–Crippen LogP) is 6.13. The Morgan fingerprint density at radius 2 is 1.17 bits per heavy atom. The molecule has 12 atom stereocenters. The van der Waals surface area contributed by atoms with E-state index in [-0.39, 0.29) is 55.3 Å². The summed E-state index contributed by atoms with van der Waals surface area (Å²) in [5.41, 5.74) is 2.71. The molecule has 0 radical (unpaired) electrons. The van der Waals surface area contributed by atoms with Crippen molar-refractivity contribution in [3.63, 3.8) is 0 Å². The maximum absolute atomic E-state index is 14.7. The van der Waals surface area contributed by atoms with E-state index >= 15 is 0 Å². The van der Waals surface area contributed by atoms with Crippen molar-refractivity contribution in [1.29, 1.82) is 0 Å². The molecule has 0 aliphatic carbocycles. The van der Waals surface area contributed by atoms with Gasteiger partial charge in [-0.3, -0.25) is 29.0 Å². The van der Waals surface area contributed by atoms with Crippen molar-refractivity contribution >= 4 is 29.6 Å². The van der Waals surface area contributed by atoms with Crippen molar-refractivity contribution < 1.29 is 71.7 Å². The fourth-order valence-corrected chi connectivity index (χ4v) is 9.87. The summed E-state index contributed by atoms with van der Waals surface area (Å²) in [6, 6.07) is 37.4. The fourth-order valence-electron chi connectivity index (χ4n) is 9.87. The van der Waals surface area contributed by atoms with Gasteiger partial charge < -0.3 is 47.7 Å². The molecule has 5 aliphatic rings. The average molecular weight is 981 g/mol. The highest BCUT2D eigenvalue weighted by Gasteiger charge is 2.61. The molecule has 17 nitrogen and oxygen atoms in total. The largest absolute Gasteiger partial charge is 0.479 e. The molecule has 0 spiro atoms. The number of carboxylic acids is 1. The number of carbonyl (C=O) groups is 5. The second kappa shape index (κ2) is 21.5. The molecule has 5 aliphatic heterocycles. The number of hydrogen-bond acceptors (Lipinski definition) is 14. The van der Waals surface area contributed by atoms with E-state index in [1.165, 1.54) is 25.1 Å². The molecule has 372 valence electrons. The second-order valence-corrected chi connectivity index (χ2v) is 17.9. The van der Waals surface area contributed by atoms with Crippen LogP contribution in [0.4, 0.5) is 0 Å². The Morgan fingerprint density at radius 1 is 0.653 bits per heavy atom. The van der Waals surface area contributed by atoms with Gasteiger partial charge in [-0.05, 0) is 42.3 Å². The number of aliphatic carboxylic acids is 1. The molecule has 1 N–H and O–H groups in total. The van der Waals surface area contributed by atoms with Gasteiger partial charge in [0.2, 0.25) is 0 Å². The summed E-state index contributed by atoms with van der Waals surface area (Å²) in [6.45, 7) is 4.83. The van der Waals surface area contributed by atoms with Crippen molar-refractivity contribution in [1.82, 2.24) is 9.80 Å². The van der Waals surface area contributed by atoms with E-state index < -0.39 is 103 Å². The molecular formula is C55H52N2O15. The standard InChI is InChI=1S/C55H52N2O15/c1-3-27-65-54-42(56-48(58)36-23-13-14-24-37(36)49(56)59)46(66-29-34-19-9-5-10-20-34)44(40(69-54)30-64-28-33-17-7-4-8-18-33)72-55-43(57-50(60)38-25-15-16-26-39(38)51(57)61)47(68-32(2)52(62)63)45-41(70-55)31-67-53(71-45)35-21-11-6-12-22-35/h3-26,32,40-47,53-55H,1,27-31H2,2H3,(H,62,63)/t32-,40-,41-,42-,43-,44-,45-,46-,47-,53-,54-,55+/m1/s1. The quantitative estimate of drug-likeness (QED) is 0.0778. The lowest BCUT2D eigenvalue weighted by molar-refractivity contribution is -0.378. The predicted molar refractivity (Wildman–Crippen MR) is 253 cm³/mol. The smallest absolute Gasteiger partial charge is 0.332 e. The van der Waals surface area contributed by atoms with Crippen LogP contribution in [0.2, 0.25) is 0 Å². The van der Waals surface area contributed by atoms with Crippen LogP contribution in [-0.4, -0.2) is 132 Å². The van der Waals surface area contributed by atoms with Crippen LogP contribution >= 0.6 is 0 Å². The number of ether oxygens (including phenoxy) is 9. The maximum atomic E-state index is 14.7. The number of fused-ring (bicyclic) bond motifs is 3. The first-order valence-corrected chi connectivity index (χ1v) is 23.7. The lowest BCUT2D eigenvalue weighted by Crippen LogP contribution is -2.72. The molecule has 3 saturated heterocycles. The number of benzene rings is 5. The van der Waals surface area contributed by atoms with E-state index in [2.05, 4.69) is 6.58 Å². The number of amides is 4. The zero-order valence-electron chi connectivity index (χ0n) is 39.1. The number of carbonyl (C=O) groups excluding carboxylic acids is 4. The summed E-state index contributed by atoms with van der Waals surface area (Å²) in [4.78, 5) is 73.4. The zero-order chi connectivity index (χ0) is 49.9. The van der Waals surface area contributed by atoms with Gasteiger partial charge in [0.05, 0.1) is 55.3 Å². The highest BCUT2D eigenvalue weighted by molar-refractivity contribution is 6.22. The monoisotopic (exact) mass is 980 g/mol. The van der Waals surface area contributed by atoms with Gasteiger partial charge in [-0.15, -0.1) is 6.58 Å². The summed E-state index contributed by atoms with van der Waals surface area (Å²) >= 11 is 0. The van der Waals surface area contributed by atoms with Crippen molar-refractivity contribution in [2.45, 2.75) is 93.8 Å². The van der Waals surface area contributed by atoms with Crippen LogP contribution in [-0.2, 0) is 60.6 Å². The van der Waals surface area contributed by atoms with Gasteiger partial charge in [-0.2, -0.15) is 0 Å². The van der Waals surface area contributed by atoms with Gasteiger partial charge in [0, 0.05) is 5.56 Å². The van der Waals surface area contributed by atoms with E-state index in [1.54, 1.807) is 48.5 Å². The minimum atomic E-state index is -1.68. The van der Waals surface area contributed by atoms with Crippen LogP contribution in [0.5, 0.6) is 0 Å². The molecule has 0 bridgehead atoms. The van der Waals surface area contributed by atoms with Crippen LogP contribution in [0.15, 0.2) is 152 Å². The van der Waals surface area contributed by atoms with Crippen molar-refractivity contribution in [3.05, 3.63) is 191 Å². The molecule has 5 aromatic carbocycles. The number of carboxylic acid groups (broad SMARTS) is 1. The molecule has 0 saturated carbocycles. The topological polar surface area (TPSA) is 195 Å². The molecule has 72 heavy (non-hydrogen) atoms. The number of imide groups is 2. The Balaban J connectivity index is 1.11. The third kappa shape index (κ3) is 9.66. The van der Waals surface area contributed by atoms with Crippen molar-refractivity contribution in [2.75, 3.05) is 19.8 Å². The van der Waals surface area contributed by atoms with E-state index in [4.69, 9.17) is 42.6 Å². The second-order valence-electron chi connectivity index (χ2n) is 17.9. The van der Waals surface area contributed by atoms with E-state index in [0.717, 1.165) is 20.9 Å². The van der Waals surface area contributed by atoms with E-state index in [0.29, 0.717) is 5.56 Å². The Hall–Kier alpha value is -6.77. The van der Waals surface area contributed by atoms with Crippen molar-refractivity contribution in [2.24, 2.45) is 0 Å². The van der Waals surface area contributed by atoms with Crippen LogP contribution in [0.1, 0.15) is 71.3 Å². The van der Waals surface area contributed by atoms with Gasteiger partial charge in [-0.1, -0.05) is 121 Å². The first kappa shape index (κ1) is 48.8. The molecule has 4 amide bonds. The summed E-state index contributed by atoms with van der Waals surface area (Å²) in [7, 11) is 0. The fraction of sp³-hybridized carbons (Fsp3) is 0.327. The normalized spacial score (nSPS) is 28.3. The zero-order valence-corrected chi connectivity index (χ0v) is 39.1. The first-order chi connectivity index (χ1) is 35.1. The lowest BCUT2D eigenvalue weighted by Gasteiger charge is -2.53. The van der Waals surface area contributed by atoms with Gasteiger partial charge in [0.1, 0.15) is 48.7 Å². The SMILES string of the molecule is C=CCO[C@@H]1O[C@H](COCc2ccccc2)[C@@H](O[C@@H]2O[C@@H]3CO[C@@H](c4ccccc4)O[C@H]3[C@H](O[C@H](C)C(=O)O)[C@H]2N2C(=O)c3ccccc3C2=O)[C@H](OCc2ccccc2)[C@H]1N1C(=O)c2ccccc2C1=O. The minimum absolute atomic E-state index is 0.0692. The van der Waals surface area contributed by atoms with E-state index in [1.807, 2.05) is 78.9 Å². The third-order valence-electron chi connectivity index (χ3n) is 13.3. The number of hydrogen-bond donors (Lipinski definition) is 1. The van der Waals surface area contributed by atoms with Gasteiger partial charge in [-0.25, -0.2) is 4.79 Å². The van der Waals surface area contributed by atoms with Crippen LogP contribution in [0.3, 0.4) is 0 Å². The molecular weight excluding hydrogens is 929 g/mol. The summed E-state index contributed by atoms with van der Waals surface area (Å²) in [5.74, 6) is -4.04. The highest BCUT2D eigenvalue weighted by atomic mass is 16.8. The van der Waals surface area contributed by atoms with Crippen LogP contribution in [0, 0.1) is 0 Å². The number of rotatable bonds is 18. The van der Waals surface area contributed by atoms with Gasteiger partial charge in [0.15, 0.2) is 25.0 Å². The van der Waals surface area contributed by atoms with Gasteiger partial charge >= 0.3 is 5.97 Å². The molecule has 3 fully saturated rings. The summed E-state index contributed by atoms with van der Waals surface area (Å²) in [6.07, 6.45) is -11.5. The van der Waals surface area contributed by atoms with E-state index in [9.17, 15) is 29.1 Å². The highest BCUT2D eigenvalue weighted by Crippen LogP contribution is 2.43. The Labute approximate surface area is 414 Å². The molecule has 0 unspecified atom stereocenters. The third-order valence-corrected chi connectivity index (χ3v) is 13.3. The maximum Gasteiger partial charge on any atom is 0.332 e. The molecule has 17 heteroatoms. The molecule has 0 aromatic heterocycles. The summed E-state index contributed by atoms with van der Waals surface area (Å²) < 4.78 is 59.8. The Bertz CT molecular complexity index is 2710. The Kier molecular flexibility index (Phi) is 14.6. The summed E-state index contributed by atoms with van der Waals surface area (Å²) in [5, 5.41) is 10.4. The molecule has 5 aromatic rings. The minimum Gasteiger partial charge on any atom is -0.479 e. The van der Waals surface area contributed by atoms with Crippen molar-refractivity contribution in [3.8, 4) is 0 Å². The molecule has 10 rings (SSSR count). The number of nitrogens with zero attached hydrogens (tertiary/aromatic N) is 2.